The Morgan fingerprint density at radius 3 is 2.52 bits per heavy atom. The van der Waals surface area contributed by atoms with Crippen LogP contribution in [0.1, 0.15) is 19.2 Å². The summed E-state index contributed by atoms with van der Waals surface area (Å²) in [5.74, 6) is 1.01. The molecule has 0 saturated carbocycles. The van der Waals surface area contributed by atoms with Crippen LogP contribution in [0.3, 0.4) is 0 Å². The molecule has 0 amide bonds. The van der Waals surface area contributed by atoms with Crippen LogP contribution in [0, 0.1) is 0 Å². The highest BCUT2D eigenvalue weighted by Gasteiger charge is 2.08. The number of carboxylic acids is 1. The molecule has 1 heterocycles. The van der Waals surface area contributed by atoms with Gasteiger partial charge >= 0.3 is 5.97 Å². The van der Waals surface area contributed by atoms with Gasteiger partial charge in [-0.1, -0.05) is 0 Å². The van der Waals surface area contributed by atoms with Crippen molar-refractivity contribution in [2.45, 2.75) is 26.5 Å². The number of aliphatic carboxylic acids is 1. The van der Waals surface area contributed by atoms with Gasteiger partial charge in [-0.2, -0.15) is 0 Å². The maximum Gasteiger partial charge on any atom is 0.305 e. The molecule has 0 bridgehead atoms. The van der Waals surface area contributed by atoms with Gasteiger partial charge < -0.3 is 14.6 Å². The molecular formula is C13H16N4O4. The monoisotopic (exact) mass is 292 g/mol. The van der Waals surface area contributed by atoms with Gasteiger partial charge in [0.2, 0.25) is 0 Å². The standard InChI is InChI=1S/C13H16N4O4/c1-2-20-10-3-5-11(6-4-10)21-9-12-14-15-16-17(12)8-7-13(18)19/h3-6H,2,7-9H2,1H3,(H,18,19). The first-order chi connectivity index (χ1) is 10.2. The van der Waals surface area contributed by atoms with Crippen LogP contribution < -0.4 is 9.47 Å². The Kier molecular flexibility index (Phi) is 5.08. The summed E-state index contributed by atoms with van der Waals surface area (Å²) in [5, 5.41) is 19.7. The van der Waals surface area contributed by atoms with Crippen LogP contribution in [-0.4, -0.2) is 37.9 Å². The SMILES string of the molecule is CCOc1ccc(OCc2nnnn2CCC(=O)O)cc1. The minimum absolute atomic E-state index is 0.0406. The Morgan fingerprint density at radius 1 is 1.24 bits per heavy atom. The van der Waals surface area contributed by atoms with Crippen LogP contribution in [0.15, 0.2) is 24.3 Å². The number of rotatable bonds is 8. The van der Waals surface area contributed by atoms with Crippen molar-refractivity contribution in [2.75, 3.05) is 6.61 Å². The van der Waals surface area contributed by atoms with Gasteiger partial charge in [-0.15, -0.1) is 5.10 Å². The molecule has 0 aliphatic carbocycles. The third-order valence-corrected chi connectivity index (χ3v) is 2.65. The van der Waals surface area contributed by atoms with Gasteiger partial charge in [0.05, 0.1) is 19.6 Å². The van der Waals surface area contributed by atoms with Gasteiger partial charge in [0.15, 0.2) is 5.82 Å². The highest BCUT2D eigenvalue weighted by molar-refractivity contribution is 5.66. The van der Waals surface area contributed by atoms with Gasteiger partial charge in [0.1, 0.15) is 18.1 Å². The van der Waals surface area contributed by atoms with Crippen molar-refractivity contribution in [2.24, 2.45) is 0 Å². The van der Waals surface area contributed by atoms with E-state index in [0.717, 1.165) is 5.75 Å². The smallest absolute Gasteiger partial charge is 0.305 e. The first kappa shape index (κ1) is 14.8. The first-order valence-corrected chi connectivity index (χ1v) is 6.51. The molecule has 2 rings (SSSR count). The summed E-state index contributed by atoms with van der Waals surface area (Å²) in [6.45, 7) is 2.91. The third kappa shape index (κ3) is 4.44. The van der Waals surface area contributed by atoms with E-state index in [1.54, 1.807) is 12.1 Å². The first-order valence-electron chi connectivity index (χ1n) is 6.51. The number of tetrazole rings is 1. The second-order valence-corrected chi connectivity index (χ2v) is 4.16. The zero-order valence-corrected chi connectivity index (χ0v) is 11.6. The number of nitrogens with zero attached hydrogens (tertiary/aromatic N) is 4. The Hall–Kier alpha value is -2.64. The van der Waals surface area contributed by atoms with Crippen molar-refractivity contribution in [3.05, 3.63) is 30.1 Å². The zero-order valence-electron chi connectivity index (χ0n) is 11.6. The van der Waals surface area contributed by atoms with E-state index in [2.05, 4.69) is 15.5 Å². The quantitative estimate of drug-likeness (QED) is 0.778. The molecule has 0 saturated heterocycles. The van der Waals surface area contributed by atoms with Crippen molar-refractivity contribution in [1.82, 2.24) is 20.2 Å². The lowest BCUT2D eigenvalue weighted by molar-refractivity contribution is -0.137. The average Bonchev–Trinajstić information content (AvgIpc) is 2.92. The molecule has 2 aromatic rings. The normalized spacial score (nSPS) is 10.3. The van der Waals surface area contributed by atoms with E-state index in [1.165, 1.54) is 4.68 Å². The van der Waals surface area contributed by atoms with E-state index in [4.69, 9.17) is 14.6 Å². The van der Waals surface area contributed by atoms with Gasteiger partial charge in [-0.25, -0.2) is 4.68 Å². The lowest BCUT2D eigenvalue weighted by atomic mass is 10.3. The van der Waals surface area contributed by atoms with Crippen LogP contribution in [-0.2, 0) is 17.9 Å². The van der Waals surface area contributed by atoms with E-state index >= 15 is 0 Å². The zero-order chi connectivity index (χ0) is 15.1. The summed E-state index contributed by atoms with van der Waals surface area (Å²) >= 11 is 0. The molecule has 8 heteroatoms. The van der Waals surface area contributed by atoms with Crippen LogP contribution in [0.25, 0.3) is 0 Å². The number of benzene rings is 1. The second-order valence-electron chi connectivity index (χ2n) is 4.16. The second kappa shape index (κ2) is 7.22. The number of aryl methyl sites for hydroxylation is 1. The van der Waals surface area contributed by atoms with E-state index < -0.39 is 5.97 Å². The minimum Gasteiger partial charge on any atom is -0.494 e. The van der Waals surface area contributed by atoms with Crippen molar-refractivity contribution < 1.29 is 19.4 Å². The average molecular weight is 292 g/mol. The van der Waals surface area contributed by atoms with E-state index in [-0.39, 0.29) is 19.6 Å². The fraction of sp³-hybridized carbons (Fsp3) is 0.385. The maximum absolute atomic E-state index is 10.5. The number of hydrogen-bond acceptors (Lipinski definition) is 6. The fourth-order valence-corrected chi connectivity index (χ4v) is 1.65. The van der Waals surface area contributed by atoms with Gasteiger partial charge in [0, 0.05) is 0 Å². The van der Waals surface area contributed by atoms with Crippen LogP contribution in [0.2, 0.25) is 0 Å². The Bertz CT molecular complexity index is 582. The third-order valence-electron chi connectivity index (χ3n) is 2.65. The summed E-state index contributed by atoms with van der Waals surface area (Å²) in [6.07, 6.45) is -0.0406. The molecule has 0 spiro atoms. The number of carboxylic acid groups (broad SMARTS) is 1. The molecule has 0 aliphatic heterocycles. The highest BCUT2D eigenvalue weighted by atomic mass is 16.5. The molecule has 0 aliphatic rings. The van der Waals surface area contributed by atoms with E-state index in [0.29, 0.717) is 18.2 Å². The summed E-state index contributed by atoms with van der Waals surface area (Å²) in [6, 6.07) is 7.20. The molecule has 0 unspecified atom stereocenters. The van der Waals surface area contributed by atoms with Crippen LogP contribution in [0.4, 0.5) is 0 Å². The topological polar surface area (TPSA) is 99.4 Å². The van der Waals surface area contributed by atoms with Gasteiger partial charge in [-0.3, -0.25) is 4.79 Å². The molecular weight excluding hydrogens is 276 g/mol. The van der Waals surface area contributed by atoms with Gasteiger partial charge in [0.25, 0.3) is 0 Å². The molecule has 1 N–H and O–H groups in total. The number of aromatic nitrogens is 4. The molecule has 1 aromatic carbocycles. The molecule has 0 fully saturated rings. The number of hydrogen-bond donors (Lipinski definition) is 1. The molecule has 8 nitrogen and oxygen atoms in total. The number of ether oxygens (including phenoxy) is 2. The van der Waals surface area contributed by atoms with Crippen LogP contribution in [0.5, 0.6) is 11.5 Å². The molecule has 1 aromatic heterocycles. The lowest BCUT2D eigenvalue weighted by Gasteiger charge is -2.07. The summed E-state index contributed by atoms with van der Waals surface area (Å²) < 4.78 is 12.3. The predicted octanol–water partition coefficient (Wildman–Crippen LogP) is 1.13. The van der Waals surface area contributed by atoms with Crippen molar-refractivity contribution >= 4 is 5.97 Å². The van der Waals surface area contributed by atoms with Crippen molar-refractivity contribution in [3.8, 4) is 11.5 Å². The summed E-state index contributed by atoms with van der Waals surface area (Å²) in [4.78, 5) is 10.5. The Labute approximate surface area is 121 Å². The molecule has 21 heavy (non-hydrogen) atoms. The highest BCUT2D eigenvalue weighted by Crippen LogP contribution is 2.18. The van der Waals surface area contributed by atoms with E-state index in [9.17, 15) is 4.79 Å². The predicted molar refractivity (Wildman–Crippen MR) is 72.0 cm³/mol. The maximum atomic E-state index is 10.5. The molecule has 0 radical (unpaired) electrons. The van der Waals surface area contributed by atoms with E-state index in [1.807, 2.05) is 19.1 Å². The van der Waals surface area contributed by atoms with Crippen molar-refractivity contribution in [3.63, 3.8) is 0 Å². The molecule has 0 atom stereocenters. The minimum atomic E-state index is -0.899. The van der Waals surface area contributed by atoms with Crippen LogP contribution >= 0.6 is 0 Å². The largest absolute Gasteiger partial charge is 0.494 e. The fourth-order valence-electron chi connectivity index (χ4n) is 1.65. The summed E-state index contributed by atoms with van der Waals surface area (Å²) in [7, 11) is 0. The summed E-state index contributed by atoms with van der Waals surface area (Å²) in [5.41, 5.74) is 0. The number of carbonyl (C=O) groups is 1. The van der Waals surface area contributed by atoms with Gasteiger partial charge in [-0.05, 0) is 41.6 Å². The Morgan fingerprint density at radius 2 is 1.90 bits per heavy atom. The Balaban J connectivity index is 1.90. The molecule has 112 valence electrons. The lowest BCUT2D eigenvalue weighted by Crippen LogP contribution is -2.11. The van der Waals surface area contributed by atoms with Crippen molar-refractivity contribution in [1.29, 1.82) is 0 Å².